The summed E-state index contributed by atoms with van der Waals surface area (Å²) in [4.78, 5) is 17.5. The van der Waals surface area contributed by atoms with Crippen LogP contribution in [0.15, 0.2) is 6.20 Å². The number of rotatable bonds is 3. The summed E-state index contributed by atoms with van der Waals surface area (Å²) in [5.41, 5.74) is 0.180. The fourth-order valence-corrected chi connectivity index (χ4v) is 1.93. The zero-order valence-corrected chi connectivity index (χ0v) is 8.49. The van der Waals surface area contributed by atoms with Gasteiger partial charge in [-0.1, -0.05) is 0 Å². The molecule has 1 aromatic rings. The molecule has 0 saturated carbocycles. The lowest BCUT2D eigenvalue weighted by molar-refractivity contribution is 0.0691. The number of aromatic amines is 1. The molecule has 2 rings (SSSR count). The van der Waals surface area contributed by atoms with E-state index >= 15 is 0 Å². The molecule has 1 aliphatic heterocycles. The van der Waals surface area contributed by atoms with Crippen LogP contribution in [0.1, 0.15) is 29.2 Å². The Bertz CT molecular complexity index is 342. The quantitative estimate of drug-likeness (QED) is 0.683. The number of nitrogens with zero attached hydrogens (tertiary/aromatic N) is 1. The van der Waals surface area contributed by atoms with Gasteiger partial charge >= 0.3 is 5.97 Å². The van der Waals surface area contributed by atoms with E-state index < -0.39 is 5.97 Å². The minimum absolute atomic E-state index is 0.180. The molecule has 2 heterocycles. The Morgan fingerprint density at radius 1 is 1.53 bits per heavy atom. The summed E-state index contributed by atoms with van der Waals surface area (Å²) in [6, 6.07) is 0. The van der Waals surface area contributed by atoms with Crippen LogP contribution >= 0.6 is 0 Å². The highest BCUT2D eigenvalue weighted by Crippen LogP contribution is 2.16. The van der Waals surface area contributed by atoms with Crippen molar-refractivity contribution < 1.29 is 9.90 Å². The molecule has 1 aliphatic rings. The smallest absolute Gasteiger partial charge is 0.353 e. The number of H-pyrrole nitrogens is 1. The molecular formula is C10H15N3O2. The topological polar surface area (TPSA) is 78.0 Å². The number of imidazole rings is 1. The highest BCUT2D eigenvalue weighted by molar-refractivity contribution is 5.84. The fourth-order valence-electron chi connectivity index (χ4n) is 1.93. The number of nitrogens with one attached hydrogen (secondary N) is 2. The van der Waals surface area contributed by atoms with E-state index in [1.54, 1.807) is 0 Å². The van der Waals surface area contributed by atoms with Crippen LogP contribution in [-0.2, 0) is 6.42 Å². The van der Waals surface area contributed by atoms with Crippen LogP contribution in [0.5, 0.6) is 0 Å². The van der Waals surface area contributed by atoms with E-state index in [-0.39, 0.29) is 5.69 Å². The molecular weight excluding hydrogens is 194 g/mol. The van der Waals surface area contributed by atoms with Gasteiger partial charge in [0, 0.05) is 6.42 Å². The molecule has 1 saturated heterocycles. The maximum atomic E-state index is 10.6. The van der Waals surface area contributed by atoms with Crippen LogP contribution in [-0.4, -0.2) is 34.1 Å². The summed E-state index contributed by atoms with van der Waals surface area (Å²) < 4.78 is 0. The number of hydrogen-bond donors (Lipinski definition) is 3. The van der Waals surface area contributed by atoms with Gasteiger partial charge in [-0.05, 0) is 31.8 Å². The Morgan fingerprint density at radius 2 is 2.27 bits per heavy atom. The first-order valence-corrected chi connectivity index (χ1v) is 5.23. The third kappa shape index (κ3) is 2.56. The number of carboxylic acid groups (broad SMARTS) is 1. The Hall–Kier alpha value is -1.36. The second kappa shape index (κ2) is 4.44. The van der Waals surface area contributed by atoms with E-state index in [0.717, 1.165) is 38.2 Å². The lowest BCUT2D eigenvalue weighted by Gasteiger charge is -2.21. The molecule has 15 heavy (non-hydrogen) atoms. The molecule has 5 heteroatoms. The highest BCUT2D eigenvalue weighted by atomic mass is 16.4. The van der Waals surface area contributed by atoms with Crippen LogP contribution in [0.2, 0.25) is 0 Å². The molecule has 0 atom stereocenters. The van der Waals surface area contributed by atoms with Crippen molar-refractivity contribution >= 4 is 5.97 Å². The van der Waals surface area contributed by atoms with Gasteiger partial charge in [0.1, 0.15) is 11.5 Å². The maximum Gasteiger partial charge on any atom is 0.353 e. The molecule has 82 valence electrons. The van der Waals surface area contributed by atoms with Gasteiger partial charge in [-0.2, -0.15) is 0 Å². The highest BCUT2D eigenvalue weighted by Gasteiger charge is 2.16. The van der Waals surface area contributed by atoms with Crippen LogP contribution in [0.3, 0.4) is 0 Å². The molecule has 0 aliphatic carbocycles. The van der Waals surface area contributed by atoms with E-state index in [1.165, 1.54) is 6.20 Å². The van der Waals surface area contributed by atoms with Crippen molar-refractivity contribution in [3.8, 4) is 0 Å². The number of hydrogen-bond acceptors (Lipinski definition) is 3. The van der Waals surface area contributed by atoms with Gasteiger partial charge in [-0.15, -0.1) is 0 Å². The van der Waals surface area contributed by atoms with Crippen molar-refractivity contribution in [2.45, 2.75) is 19.3 Å². The average molecular weight is 209 g/mol. The van der Waals surface area contributed by atoms with Crippen molar-refractivity contribution in [2.24, 2.45) is 5.92 Å². The number of carbonyl (C=O) groups is 1. The largest absolute Gasteiger partial charge is 0.477 e. The third-order valence-electron chi connectivity index (χ3n) is 2.80. The number of aromatic nitrogens is 2. The summed E-state index contributed by atoms with van der Waals surface area (Å²) >= 11 is 0. The van der Waals surface area contributed by atoms with Crippen LogP contribution < -0.4 is 5.32 Å². The van der Waals surface area contributed by atoms with E-state index in [0.29, 0.717) is 5.92 Å². The fraction of sp³-hybridized carbons (Fsp3) is 0.600. The summed E-state index contributed by atoms with van der Waals surface area (Å²) in [6.45, 7) is 2.11. The lowest BCUT2D eigenvalue weighted by Crippen LogP contribution is -2.28. The molecule has 0 bridgehead atoms. The van der Waals surface area contributed by atoms with E-state index in [1.807, 2.05) is 0 Å². The molecule has 5 nitrogen and oxygen atoms in total. The molecule has 1 aromatic heterocycles. The standard InChI is InChI=1S/C10H15N3O2/c14-10(15)8-6-12-9(13-8)5-7-1-3-11-4-2-7/h6-7,11H,1-5H2,(H,12,13)(H,14,15). The Balaban J connectivity index is 1.94. The third-order valence-corrected chi connectivity index (χ3v) is 2.80. The van der Waals surface area contributed by atoms with Crippen molar-refractivity contribution in [1.82, 2.24) is 15.3 Å². The minimum atomic E-state index is -0.945. The maximum absolute atomic E-state index is 10.6. The summed E-state index contributed by atoms with van der Waals surface area (Å²) in [5.74, 6) is 0.470. The minimum Gasteiger partial charge on any atom is -0.477 e. The Kier molecular flexibility index (Phi) is 3.01. The number of aromatic carboxylic acids is 1. The summed E-state index contributed by atoms with van der Waals surface area (Å²) in [7, 11) is 0. The first-order valence-electron chi connectivity index (χ1n) is 5.23. The zero-order valence-electron chi connectivity index (χ0n) is 8.49. The molecule has 3 N–H and O–H groups in total. The van der Waals surface area contributed by atoms with Crippen molar-refractivity contribution in [2.75, 3.05) is 13.1 Å². The summed E-state index contributed by atoms with van der Waals surface area (Å²) in [6.07, 6.45) is 4.53. The molecule has 0 aromatic carbocycles. The van der Waals surface area contributed by atoms with Gasteiger partial charge < -0.3 is 15.4 Å². The zero-order chi connectivity index (χ0) is 10.7. The van der Waals surface area contributed by atoms with Gasteiger partial charge in [-0.25, -0.2) is 9.78 Å². The SMILES string of the molecule is O=C(O)c1cnc(CC2CCNCC2)[nH]1. The molecule has 1 fully saturated rings. The second-order valence-corrected chi connectivity index (χ2v) is 3.95. The molecule has 0 spiro atoms. The first-order chi connectivity index (χ1) is 7.25. The number of carboxylic acids is 1. The van der Waals surface area contributed by atoms with Crippen LogP contribution in [0, 0.1) is 5.92 Å². The Morgan fingerprint density at radius 3 is 2.87 bits per heavy atom. The lowest BCUT2D eigenvalue weighted by atomic mass is 9.94. The van der Waals surface area contributed by atoms with E-state index in [2.05, 4.69) is 15.3 Å². The number of piperidine rings is 1. The van der Waals surface area contributed by atoms with Crippen LogP contribution in [0.25, 0.3) is 0 Å². The summed E-state index contributed by atoms with van der Waals surface area (Å²) in [5, 5.41) is 12.0. The average Bonchev–Trinajstić information content (AvgIpc) is 2.68. The molecule has 0 amide bonds. The normalized spacial score (nSPS) is 17.9. The predicted molar refractivity (Wildman–Crippen MR) is 54.8 cm³/mol. The van der Waals surface area contributed by atoms with E-state index in [4.69, 9.17) is 5.11 Å². The van der Waals surface area contributed by atoms with E-state index in [9.17, 15) is 4.79 Å². The molecule has 0 unspecified atom stereocenters. The van der Waals surface area contributed by atoms with Crippen molar-refractivity contribution in [1.29, 1.82) is 0 Å². The van der Waals surface area contributed by atoms with Gasteiger partial charge in [-0.3, -0.25) is 0 Å². The van der Waals surface area contributed by atoms with Crippen molar-refractivity contribution in [3.63, 3.8) is 0 Å². The molecule has 0 radical (unpaired) electrons. The van der Waals surface area contributed by atoms with Gasteiger partial charge in [0.15, 0.2) is 0 Å². The van der Waals surface area contributed by atoms with Gasteiger partial charge in [0.2, 0.25) is 0 Å². The van der Waals surface area contributed by atoms with Crippen molar-refractivity contribution in [3.05, 3.63) is 17.7 Å². The first kappa shape index (κ1) is 10.2. The van der Waals surface area contributed by atoms with Crippen LogP contribution in [0.4, 0.5) is 0 Å². The van der Waals surface area contributed by atoms with Gasteiger partial charge in [0.25, 0.3) is 0 Å². The second-order valence-electron chi connectivity index (χ2n) is 3.95. The van der Waals surface area contributed by atoms with Gasteiger partial charge in [0.05, 0.1) is 6.20 Å². The predicted octanol–water partition coefficient (Wildman–Crippen LogP) is 0.650. The monoisotopic (exact) mass is 209 g/mol. The Labute approximate surface area is 87.9 Å².